The molecule has 3 aromatic heterocycles. The average Bonchev–Trinajstić information content (AvgIpc) is 3.98. The van der Waals surface area contributed by atoms with E-state index in [-0.39, 0.29) is 17.5 Å². The second kappa shape index (κ2) is 14.0. The van der Waals surface area contributed by atoms with Crippen LogP contribution in [0.5, 0.6) is 0 Å². The zero-order valence-corrected chi connectivity index (χ0v) is 40.4. The van der Waals surface area contributed by atoms with Crippen LogP contribution in [0.3, 0.4) is 0 Å². The van der Waals surface area contributed by atoms with Gasteiger partial charge < -0.3 is 14.4 Å². The normalized spacial score (nSPS) is 13.4. The molecule has 13 rings (SSSR count). The molecular formula is C60H50BN3S2. The lowest BCUT2D eigenvalue weighted by Crippen LogP contribution is -2.60. The first-order valence-electron chi connectivity index (χ1n) is 23.3. The predicted octanol–water partition coefficient (Wildman–Crippen LogP) is 15.7. The minimum absolute atomic E-state index is 0.00359. The van der Waals surface area contributed by atoms with Gasteiger partial charge in [-0.15, -0.1) is 22.7 Å². The largest absolute Gasteiger partial charge is 0.310 e. The molecule has 3 nitrogen and oxygen atoms in total. The van der Waals surface area contributed by atoms with Gasteiger partial charge in [-0.05, 0) is 124 Å². The molecule has 0 saturated heterocycles. The molecule has 0 saturated carbocycles. The molecule has 5 heterocycles. The standard InChI is InChI=1S/C60H50BN3S2/c1-35-18-9-13-23-46(35)62(47-24-14-10-19-36(47)2)39-28-29-44-49(34-39)63(48-25-17-22-41-40-20-11-15-26-52(40)65-57(41)48)50-32-38(60(6,7)8)33-51-54(50)61(44)45-31-37(59(3,4)5)30-43-55(45)64(51)56-42-21-12-16-27-53(42)66-58(43)56/h9-34H,1-8H3. The number of thiophene rings is 2. The van der Waals surface area contributed by atoms with Crippen LogP contribution in [0.25, 0.3) is 57.1 Å². The summed E-state index contributed by atoms with van der Waals surface area (Å²) in [4.78, 5) is 5.15. The van der Waals surface area contributed by atoms with Crippen LogP contribution in [0.15, 0.2) is 158 Å². The first-order valence-corrected chi connectivity index (χ1v) is 24.9. The number of hydrogen-bond acceptors (Lipinski definition) is 4. The molecule has 11 aromatic rings. The Morgan fingerprint density at radius 3 is 1.74 bits per heavy atom. The lowest BCUT2D eigenvalue weighted by Gasteiger charge is -2.42. The number of nitrogens with zero attached hydrogens (tertiary/aromatic N) is 3. The Bertz CT molecular complexity index is 3810. The van der Waals surface area contributed by atoms with Crippen molar-refractivity contribution in [2.75, 3.05) is 9.80 Å². The summed E-state index contributed by atoms with van der Waals surface area (Å²) in [5.41, 5.74) is 20.3. The van der Waals surface area contributed by atoms with Gasteiger partial charge in [0.25, 0.3) is 6.71 Å². The van der Waals surface area contributed by atoms with Gasteiger partial charge >= 0.3 is 0 Å². The fraction of sp³-hybridized carbons (Fsp3) is 0.167. The topological polar surface area (TPSA) is 11.4 Å². The number of para-hydroxylation sites is 2. The molecule has 320 valence electrons. The quantitative estimate of drug-likeness (QED) is 0.163. The SMILES string of the molecule is Cc1ccccc1N(c1ccc2c(c1)N(c1cccc3c1sc1ccccc13)c1cc(C(C)(C)C)cc3c1B2c1cc(C(C)(C)C)cc2c4sc5ccccc5c4n-3c12)c1ccccc1C. The highest BCUT2D eigenvalue weighted by molar-refractivity contribution is 7.27. The van der Waals surface area contributed by atoms with Crippen molar-refractivity contribution in [1.82, 2.24) is 4.57 Å². The van der Waals surface area contributed by atoms with Crippen molar-refractivity contribution in [3.05, 3.63) is 180 Å². The van der Waals surface area contributed by atoms with E-state index in [0.29, 0.717) is 0 Å². The average molecular weight is 888 g/mol. The summed E-state index contributed by atoms with van der Waals surface area (Å²) in [6.45, 7) is 18.7. The van der Waals surface area contributed by atoms with E-state index in [1.165, 1.54) is 124 Å². The van der Waals surface area contributed by atoms with Crippen molar-refractivity contribution in [2.24, 2.45) is 0 Å². The highest BCUT2D eigenvalue weighted by atomic mass is 32.1. The molecule has 0 radical (unpaired) electrons. The third kappa shape index (κ3) is 5.61. The maximum atomic E-state index is 2.69. The van der Waals surface area contributed by atoms with Crippen LogP contribution in [0, 0.1) is 13.8 Å². The molecule has 0 fully saturated rings. The Balaban J connectivity index is 1.21. The molecule has 0 amide bonds. The summed E-state index contributed by atoms with van der Waals surface area (Å²) in [7, 11) is 0. The van der Waals surface area contributed by atoms with Crippen LogP contribution in [-0.2, 0) is 10.8 Å². The van der Waals surface area contributed by atoms with Crippen molar-refractivity contribution in [1.29, 1.82) is 0 Å². The Labute approximate surface area is 395 Å². The van der Waals surface area contributed by atoms with E-state index >= 15 is 0 Å². The second-order valence-electron chi connectivity index (χ2n) is 20.7. The molecule has 2 aliphatic rings. The molecule has 0 N–H and O–H groups in total. The van der Waals surface area contributed by atoms with Gasteiger partial charge in [0, 0.05) is 65.1 Å². The molecule has 2 aliphatic heterocycles. The summed E-state index contributed by atoms with van der Waals surface area (Å²) < 4.78 is 8.01. The number of rotatable bonds is 4. The summed E-state index contributed by atoms with van der Waals surface area (Å²) in [6, 6.07) is 60.2. The van der Waals surface area contributed by atoms with Crippen molar-refractivity contribution in [3.63, 3.8) is 0 Å². The highest BCUT2D eigenvalue weighted by Gasteiger charge is 2.44. The molecular weight excluding hydrogens is 838 g/mol. The van der Waals surface area contributed by atoms with E-state index in [0.717, 1.165) is 5.69 Å². The minimum Gasteiger partial charge on any atom is -0.310 e. The smallest absolute Gasteiger partial charge is 0.252 e. The van der Waals surface area contributed by atoms with Gasteiger partial charge in [0.05, 0.1) is 26.1 Å². The fourth-order valence-corrected chi connectivity index (χ4v) is 13.6. The van der Waals surface area contributed by atoms with Crippen LogP contribution in [0.4, 0.5) is 34.1 Å². The number of aryl methyl sites for hydroxylation is 2. The molecule has 66 heavy (non-hydrogen) atoms. The molecule has 0 atom stereocenters. The third-order valence-electron chi connectivity index (χ3n) is 14.5. The van der Waals surface area contributed by atoms with Gasteiger partial charge in [-0.3, -0.25) is 0 Å². The number of anilines is 6. The van der Waals surface area contributed by atoms with E-state index < -0.39 is 0 Å². The zero-order chi connectivity index (χ0) is 45.0. The second-order valence-corrected chi connectivity index (χ2v) is 22.8. The molecule has 0 aliphatic carbocycles. The number of fused-ring (bicyclic) bond motifs is 12. The summed E-state index contributed by atoms with van der Waals surface area (Å²) in [5.74, 6) is 0. The van der Waals surface area contributed by atoms with Crippen LogP contribution >= 0.6 is 22.7 Å². The third-order valence-corrected chi connectivity index (χ3v) is 16.9. The fourth-order valence-electron chi connectivity index (χ4n) is 11.2. The first kappa shape index (κ1) is 39.7. The van der Waals surface area contributed by atoms with Crippen LogP contribution in [0.2, 0.25) is 0 Å². The molecule has 8 aromatic carbocycles. The maximum Gasteiger partial charge on any atom is 0.252 e. The van der Waals surface area contributed by atoms with E-state index in [4.69, 9.17) is 0 Å². The summed E-state index contributed by atoms with van der Waals surface area (Å²) in [5, 5.41) is 5.30. The lowest BCUT2D eigenvalue weighted by molar-refractivity contribution is 0.590. The van der Waals surface area contributed by atoms with Gasteiger partial charge in [-0.25, -0.2) is 0 Å². The molecule has 0 bridgehead atoms. The Morgan fingerprint density at radius 1 is 0.455 bits per heavy atom. The molecule has 6 heteroatoms. The number of hydrogen-bond donors (Lipinski definition) is 0. The Hall–Kier alpha value is -6.60. The van der Waals surface area contributed by atoms with Gasteiger partial charge in [-0.2, -0.15) is 0 Å². The van der Waals surface area contributed by atoms with Crippen molar-refractivity contribution in [2.45, 2.75) is 66.2 Å². The van der Waals surface area contributed by atoms with E-state index in [9.17, 15) is 0 Å². The van der Waals surface area contributed by atoms with E-state index in [1.807, 2.05) is 22.7 Å². The minimum atomic E-state index is -0.122. The van der Waals surface area contributed by atoms with Gasteiger partial charge in [0.2, 0.25) is 0 Å². The predicted molar refractivity (Wildman–Crippen MR) is 290 cm³/mol. The zero-order valence-electron chi connectivity index (χ0n) is 38.7. The highest BCUT2D eigenvalue weighted by Crippen LogP contribution is 2.51. The van der Waals surface area contributed by atoms with Crippen molar-refractivity contribution < 1.29 is 0 Å². The van der Waals surface area contributed by atoms with Gasteiger partial charge in [0.1, 0.15) is 0 Å². The monoisotopic (exact) mass is 887 g/mol. The van der Waals surface area contributed by atoms with Crippen LogP contribution < -0.4 is 26.2 Å². The van der Waals surface area contributed by atoms with E-state index in [1.54, 1.807) is 0 Å². The first-order chi connectivity index (χ1) is 31.8. The Morgan fingerprint density at radius 2 is 1.05 bits per heavy atom. The number of benzene rings is 8. The van der Waals surface area contributed by atoms with E-state index in [2.05, 4.69) is 227 Å². The summed E-state index contributed by atoms with van der Waals surface area (Å²) in [6.07, 6.45) is 0. The van der Waals surface area contributed by atoms with Gasteiger partial charge in [0.15, 0.2) is 0 Å². The molecule has 0 spiro atoms. The van der Waals surface area contributed by atoms with Gasteiger partial charge in [-0.1, -0.05) is 139 Å². The number of aromatic nitrogens is 1. The molecule has 0 unspecified atom stereocenters. The Kier molecular flexibility index (Phi) is 8.41. The van der Waals surface area contributed by atoms with Crippen molar-refractivity contribution >= 4 is 131 Å². The van der Waals surface area contributed by atoms with Crippen LogP contribution in [-0.4, -0.2) is 11.3 Å². The lowest BCUT2D eigenvalue weighted by atomic mass is 9.33. The van der Waals surface area contributed by atoms with Crippen LogP contribution in [0.1, 0.15) is 63.8 Å². The van der Waals surface area contributed by atoms with Crippen molar-refractivity contribution in [3.8, 4) is 5.69 Å². The maximum absolute atomic E-state index is 2.69. The summed E-state index contributed by atoms with van der Waals surface area (Å²) >= 11 is 3.86.